The maximum absolute atomic E-state index is 13.0. The predicted octanol–water partition coefficient (Wildman–Crippen LogP) is 2.14. The zero-order valence-corrected chi connectivity index (χ0v) is 14.4. The minimum Gasteiger partial charge on any atom is -0.356 e. The highest BCUT2D eigenvalue weighted by Crippen LogP contribution is 2.30. The maximum atomic E-state index is 13.0. The van der Waals surface area contributed by atoms with E-state index in [0.717, 1.165) is 25.9 Å². The molecular formula is C15H20ClN3O3S. The fourth-order valence-electron chi connectivity index (χ4n) is 2.77. The van der Waals surface area contributed by atoms with Crippen molar-refractivity contribution in [2.45, 2.75) is 23.8 Å². The molecule has 0 atom stereocenters. The van der Waals surface area contributed by atoms with E-state index < -0.39 is 10.0 Å². The molecule has 2 aromatic rings. The van der Waals surface area contributed by atoms with Gasteiger partial charge in [0.1, 0.15) is 0 Å². The molecule has 0 spiro atoms. The Labute approximate surface area is 142 Å². The van der Waals surface area contributed by atoms with Crippen LogP contribution in [0, 0.1) is 0 Å². The fourth-order valence-corrected chi connectivity index (χ4v) is 4.38. The molecule has 1 N–H and O–H groups in total. The van der Waals surface area contributed by atoms with Crippen LogP contribution in [0.15, 0.2) is 45.9 Å². The molecule has 0 saturated carbocycles. The summed E-state index contributed by atoms with van der Waals surface area (Å²) in [5.74, 6) is 0.456. The molecule has 0 bridgehead atoms. The van der Waals surface area contributed by atoms with E-state index in [1.165, 1.54) is 10.5 Å². The molecule has 1 saturated heterocycles. The first-order valence-electron chi connectivity index (χ1n) is 7.29. The molecule has 1 aromatic heterocycles. The second kappa shape index (κ2) is 7.44. The van der Waals surface area contributed by atoms with Gasteiger partial charge in [-0.3, -0.25) is 0 Å². The summed E-state index contributed by atoms with van der Waals surface area (Å²) in [5, 5.41) is 6.91. The number of halogens is 1. The van der Waals surface area contributed by atoms with Crippen molar-refractivity contribution in [2.24, 2.45) is 0 Å². The first kappa shape index (κ1) is 17.9. The molecular weight excluding hydrogens is 338 g/mol. The largest absolute Gasteiger partial charge is 0.356 e. The average Bonchev–Trinajstić information content (AvgIpc) is 3.09. The number of nitrogens with zero attached hydrogens (tertiary/aromatic N) is 2. The summed E-state index contributed by atoms with van der Waals surface area (Å²) < 4.78 is 32.6. The number of piperidine rings is 1. The van der Waals surface area contributed by atoms with Crippen LogP contribution in [0.4, 0.5) is 0 Å². The smallest absolute Gasteiger partial charge is 0.243 e. The van der Waals surface area contributed by atoms with Gasteiger partial charge in [-0.25, -0.2) is 8.42 Å². The van der Waals surface area contributed by atoms with Crippen LogP contribution in [-0.4, -0.2) is 44.1 Å². The molecule has 8 heteroatoms. The van der Waals surface area contributed by atoms with Gasteiger partial charge < -0.3 is 9.84 Å². The molecule has 3 rings (SSSR count). The van der Waals surface area contributed by atoms with Crippen LogP contribution < -0.4 is 5.32 Å². The normalized spacial score (nSPS) is 16.3. The molecule has 2 heterocycles. The molecule has 1 aliphatic rings. The van der Waals surface area contributed by atoms with E-state index in [9.17, 15) is 8.42 Å². The zero-order chi connectivity index (χ0) is 15.6. The van der Waals surface area contributed by atoms with Gasteiger partial charge in [-0.2, -0.15) is 4.31 Å². The summed E-state index contributed by atoms with van der Waals surface area (Å²) in [7, 11) is -1.92. The molecule has 0 radical (unpaired) electrons. The molecule has 6 nitrogen and oxygen atoms in total. The van der Waals surface area contributed by atoms with E-state index in [-0.39, 0.29) is 23.3 Å². The van der Waals surface area contributed by atoms with Crippen LogP contribution in [0.25, 0.3) is 11.3 Å². The van der Waals surface area contributed by atoms with E-state index in [4.69, 9.17) is 4.52 Å². The molecule has 1 aromatic carbocycles. The van der Waals surface area contributed by atoms with Crippen molar-refractivity contribution >= 4 is 22.4 Å². The Hall–Kier alpha value is -1.41. The summed E-state index contributed by atoms with van der Waals surface area (Å²) >= 11 is 0. The quantitative estimate of drug-likeness (QED) is 0.907. The van der Waals surface area contributed by atoms with E-state index in [0.29, 0.717) is 11.3 Å². The molecule has 126 valence electrons. The van der Waals surface area contributed by atoms with Crippen molar-refractivity contribution in [1.82, 2.24) is 14.8 Å². The lowest BCUT2D eigenvalue weighted by molar-refractivity contribution is 0.296. The summed E-state index contributed by atoms with van der Waals surface area (Å²) in [6, 6.07) is 8.56. The van der Waals surface area contributed by atoms with E-state index >= 15 is 0 Å². The lowest BCUT2D eigenvalue weighted by atomic mass is 10.1. The lowest BCUT2D eigenvalue weighted by Crippen LogP contribution is -2.43. The Morgan fingerprint density at radius 2 is 1.91 bits per heavy atom. The van der Waals surface area contributed by atoms with Crippen LogP contribution in [-0.2, 0) is 10.0 Å². The van der Waals surface area contributed by atoms with Crippen molar-refractivity contribution in [3.05, 3.63) is 36.5 Å². The first-order chi connectivity index (χ1) is 10.6. The van der Waals surface area contributed by atoms with Crippen molar-refractivity contribution in [3.8, 4) is 11.3 Å². The second-order valence-electron chi connectivity index (χ2n) is 5.38. The molecule has 1 aliphatic heterocycles. The number of benzene rings is 1. The number of aromatic nitrogens is 1. The van der Waals surface area contributed by atoms with E-state index in [1.54, 1.807) is 37.4 Å². The number of nitrogens with one attached hydrogen (secondary N) is 1. The topological polar surface area (TPSA) is 75.4 Å². The Balaban J connectivity index is 0.00000192. The van der Waals surface area contributed by atoms with Crippen LogP contribution in [0.5, 0.6) is 0 Å². The molecule has 1 fully saturated rings. The maximum Gasteiger partial charge on any atom is 0.243 e. The van der Waals surface area contributed by atoms with Crippen molar-refractivity contribution in [3.63, 3.8) is 0 Å². The van der Waals surface area contributed by atoms with Gasteiger partial charge in [-0.05, 0) is 38.1 Å². The monoisotopic (exact) mass is 357 g/mol. The van der Waals surface area contributed by atoms with Crippen LogP contribution in [0.1, 0.15) is 12.8 Å². The third-order valence-electron chi connectivity index (χ3n) is 4.07. The standard InChI is InChI=1S/C15H19N3O3S.ClH/c1-18(12-6-9-16-10-7-12)22(19,20)15-5-3-2-4-13(15)14-8-11-17-21-14;/h2-5,8,11-12,16H,6-7,9-10H2,1H3;1H. The minimum absolute atomic E-state index is 0. The number of hydrogen-bond donors (Lipinski definition) is 1. The Kier molecular flexibility index (Phi) is 5.80. The fraction of sp³-hybridized carbons (Fsp3) is 0.400. The molecule has 0 amide bonds. The molecule has 0 unspecified atom stereocenters. The van der Waals surface area contributed by atoms with Gasteiger partial charge in [0, 0.05) is 24.7 Å². The van der Waals surface area contributed by atoms with E-state index in [2.05, 4.69) is 10.5 Å². The highest BCUT2D eigenvalue weighted by molar-refractivity contribution is 7.89. The number of sulfonamides is 1. The van der Waals surface area contributed by atoms with Crippen molar-refractivity contribution in [1.29, 1.82) is 0 Å². The number of rotatable bonds is 4. The van der Waals surface area contributed by atoms with Gasteiger partial charge in [0.2, 0.25) is 10.0 Å². The predicted molar refractivity (Wildman–Crippen MR) is 90.0 cm³/mol. The SMILES string of the molecule is CN(C1CCNCC1)S(=O)(=O)c1ccccc1-c1ccno1.Cl. The average molecular weight is 358 g/mol. The second-order valence-corrected chi connectivity index (χ2v) is 7.34. The summed E-state index contributed by atoms with van der Waals surface area (Å²) in [4.78, 5) is 0.257. The lowest BCUT2D eigenvalue weighted by Gasteiger charge is -2.31. The third-order valence-corrected chi connectivity index (χ3v) is 6.04. The molecule has 23 heavy (non-hydrogen) atoms. The third kappa shape index (κ3) is 3.58. The Bertz CT molecular complexity index is 728. The summed E-state index contributed by atoms with van der Waals surface area (Å²) in [6.07, 6.45) is 3.15. The van der Waals surface area contributed by atoms with Gasteiger partial charge in [0.25, 0.3) is 0 Å². The highest BCUT2D eigenvalue weighted by atomic mass is 35.5. The minimum atomic E-state index is -3.58. The molecule has 0 aliphatic carbocycles. The highest BCUT2D eigenvalue weighted by Gasteiger charge is 2.31. The van der Waals surface area contributed by atoms with Gasteiger partial charge >= 0.3 is 0 Å². The van der Waals surface area contributed by atoms with Crippen molar-refractivity contribution < 1.29 is 12.9 Å². The zero-order valence-electron chi connectivity index (χ0n) is 12.8. The van der Waals surface area contributed by atoms with Gasteiger partial charge in [0.15, 0.2) is 5.76 Å². The first-order valence-corrected chi connectivity index (χ1v) is 8.73. The number of hydrogen-bond acceptors (Lipinski definition) is 5. The van der Waals surface area contributed by atoms with E-state index in [1.807, 2.05) is 0 Å². The van der Waals surface area contributed by atoms with Crippen LogP contribution in [0.3, 0.4) is 0 Å². The summed E-state index contributed by atoms with van der Waals surface area (Å²) in [6.45, 7) is 1.68. The van der Waals surface area contributed by atoms with Crippen molar-refractivity contribution in [2.75, 3.05) is 20.1 Å². The Morgan fingerprint density at radius 3 is 2.57 bits per heavy atom. The van der Waals surface area contributed by atoms with Gasteiger partial charge in [0.05, 0.1) is 11.1 Å². The van der Waals surface area contributed by atoms with Crippen LogP contribution in [0.2, 0.25) is 0 Å². The Morgan fingerprint density at radius 1 is 1.22 bits per heavy atom. The van der Waals surface area contributed by atoms with Gasteiger partial charge in [-0.15, -0.1) is 12.4 Å². The van der Waals surface area contributed by atoms with Crippen LogP contribution >= 0.6 is 12.4 Å². The van der Waals surface area contributed by atoms with Gasteiger partial charge in [-0.1, -0.05) is 17.3 Å². The summed E-state index contributed by atoms with van der Waals surface area (Å²) in [5.41, 5.74) is 0.542.